The largest absolute Gasteiger partial charge is 0.429 e. The summed E-state index contributed by atoms with van der Waals surface area (Å²) in [6.45, 7) is 3.29. The molecule has 0 amide bonds. The summed E-state index contributed by atoms with van der Waals surface area (Å²) in [7, 11) is 0. The number of rotatable bonds is 4. The smallest absolute Gasteiger partial charge is 0.419 e. The predicted octanol–water partition coefficient (Wildman–Crippen LogP) is 3.25. The Bertz CT molecular complexity index is 375. The van der Waals surface area contributed by atoms with E-state index < -0.39 is 6.11 Å². The topological polar surface area (TPSA) is 35.2 Å². The fourth-order valence-electron chi connectivity index (χ4n) is 1.25. The van der Waals surface area contributed by atoms with Crippen LogP contribution in [0.3, 0.4) is 0 Å². The van der Waals surface area contributed by atoms with Crippen molar-refractivity contribution in [3.63, 3.8) is 0 Å². The molecule has 1 atom stereocenters. The van der Waals surface area contributed by atoms with Crippen molar-refractivity contribution >= 4 is 0 Å². The van der Waals surface area contributed by atoms with Gasteiger partial charge < -0.3 is 10.5 Å². The van der Waals surface area contributed by atoms with Gasteiger partial charge in [0.15, 0.2) is 0 Å². The molecule has 0 heterocycles. The average Bonchev–Trinajstić information content (AvgIpc) is 2.17. The minimum atomic E-state index is -3.29. The van der Waals surface area contributed by atoms with Crippen molar-refractivity contribution in [3.05, 3.63) is 42.0 Å². The van der Waals surface area contributed by atoms with Gasteiger partial charge in [-0.25, -0.2) is 0 Å². The van der Waals surface area contributed by atoms with Gasteiger partial charge in [-0.15, -0.1) is 0 Å². The van der Waals surface area contributed by atoms with Crippen molar-refractivity contribution in [1.29, 1.82) is 0 Å². The van der Waals surface area contributed by atoms with Crippen LogP contribution in [0, 0.1) is 0 Å². The molecule has 2 nitrogen and oxygen atoms in total. The van der Waals surface area contributed by atoms with E-state index in [1.807, 2.05) is 0 Å². The molecule has 0 aliphatic carbocycles. The van der Waals surface area contributed by atoms with Gasteiger partial charge in [-0.3, -0.25) is 0 Å². The fraction of sp³-hybridized carbons (Fsp3) is 0.333. The van der Waals surface area contributed by atoms with E-state index in [9.17, 15) is 8.78 Å². The van der Waals surface area contributed by atoms with Crippen molar-refractivity contribution in [2.45, 2.75) is 26.0 Å². The van der Waals surface area contributed by atoms with Gasteiger partial charge in [0.1, 0.15) is 5.75 Å². The zero-order valence-electron chi connectivity index (χ0n) is 9.28. The molecule has 16 heavy (non-hydrogen) atoms. The van der Waals surface area contributed by atoms with Crippen LogP contribution in [0.5, 0.6) is 5.75 Å². The normalized spacial score (nSPS) is 14.1. The molecule has 0 aromatic heterocycles. The molecule has 0 bridgehead atoms. The van der Waals surface area contributed by atoms with E-state index in [1.165, 1.54) is 25.1 Å². The third-order valence-corrected chi connectivity index (χ3v) is 2.00. The molecule has 1 rings (SSSR count). The van der Waals surface area contributed by atoms with Crippen molar-refractivity contribution in [2.24, 2.45) is 5.73 Å². The van der Waals surface area contributed by atoms with Crippen LogP contribution in [0.25, 0.3) is 0 Å². The summed E-state index contributed by atoms with van der Waals surface area (Å²) in [6, 6.07) is 6.19. The zero-order chi connectivity index (χ0) is 12.2. The molecule has 0 aliphatic rings. The first-order valence-corrected chi connectivity index (χ1v) is 5.01. The molecule has 0 saturated carbocycles. The van der Waals surface area contributed by atoms with Gasteiger partial charge in [0.2, 0.25) is 0 Å². The van der Waals surface area contributed by atoms with Crippen molar-refractivity contribution in [2.75, 3.05) is 0 Å². The van der Waals surface area contributed by atoms with Crippen LogP contribution >= 0.6 is 0 Å². The fourth-order valence-corrected chi connectivity index (χ4v) is 1.25. The van der Waals surface area contributed by atoms with E-state index in [4.69, 9.17) is 5.73 Å². The third kappa shape index (κ3) is 3.62. The molecule has 1 aromatic carbocycles. The monoisotopic (exact) mass is 227 g/mol. The summed E-state index contributed by atoms with van der Waals surface area (Å²) in [6.07, 6.45) is -1.34. The second kappa shape index (κ2) is 5.07. The zero-order valence-corrected chi connectivity index (χ0v) is 9.28. The van der Waals surface area contributed by atoms with Crippen molar-refractivity contribution in [3.8, 4) is 5.75 Å². The van der Waals surface area contributed by atoms with Crippen LogP contribution in [-0.4, -0.2) is 6.11 Å². The van der Waals surface area contributed by atoms with Crippen LogP contribution in [0.1, 0.15) is 25.5 Å². The molecule has 1 unspecified atom stereocenters. The maximum atomic E-state index is 13.1. The summed E-state index contributed by atoms with van der Waals surface area (Å²) < 4.78 is 30.8. The number of alkyl halides is 2. The molecule has 88 valence electrons. The Morgan fingerprint density at radius 2 is 2.12 bits per heavy atom. The number of ether oxygens (including phenoxy) is 1. The number of hydrogen-bond donors (Lipinski definition) is 1. The summed E-state index contributed by atoms with van der Waals surface area (Å²) in [5, 5.41) is 0. The Morgan fingerprint density at radius 1 is 1.44 bits per heavy atom. The van der Waals surface area contributed by atoms with Gasteiger partial charge in [-0.2, -0.15) is 8.78 Å². The molecule has 4 heteroatoms. The second-order valence-corrected chi connectivity index (χ2v) is 3.53. The van der Waals surface area contributed by atoms with E-state index in [-0.39, 0.29) is 11.8 Å². The molecular formula is C12H15F2NO. The standard InChI is InChI=1S/C12H15F2NO/c1-3-7-12(13,14)16-11-6-4-5-10(8-11)9(2)15/h3-9H,15H2,1-2H3/b7-3+. The second-order valence-electron chi connectivity index (χ2n) is 3.53. The lowest BCUT2D eigenvalue weighted by atomic mass is 10.1. The van der Waals surface area contributed by atoms with Crippen LogP contribution in [0.2, 0.25) is 0 Å². The first-order chi connectivity index (χ1) is 7.44. The van der Waals surface area contributed by atoms with E-state index >= 15 is 0 Å². The van der Waals surface area contributed by atoms with Crippen LogP contribution in [0.4, 0.5) is 8.78 Å². The Kier molecular flexibility index (Phi) is 4.01. The van der Waals surface area contributed by atoms with Gasteiger partial charge in [-0.05, 0) is 31.5 Å². The van der Waals surface area contributed by atoms with E-state index in [0.29, 0.717) is 6.08 Å². The number of halogens is 2. The van der Waals surface area contributed by atoms with Crippen molar-refractivity contribution in [1.82, 2.24) is 0 Å². The molecule has 1 aromatic rings. The highest BCUT2D eigenvalue weighted by atomic mass is 19.3. The summed E-state index contributed by atoms with van der Waals surface area (Å²) in [5.74, 6) is 0.109. The minimum absolute atomic E-state index is 0.109. The first-order valence-electron chi connectivity index (χ1n) is 5.01. The van der Waals surface area contributed by atoms with Crippen LogP contribution in [0.15, 0.2) is 36.4 Å². The Balaban J connectivity index is 2.85. The summed E-state index contributed by atoms with van der Waals surface area (Å²) in [5.41, 5.74) is 6.41. The average molecular weight is 227 g/mol. The Labute approximate surface area is 93.7 Å². The molecule has 0 aliphatic heterocycles. The Morgan fingerprint density at radius 3 is 2.69 bits per heavy atom. The van der Waals surface area contributed by atoms with Gasteiger partial charge >= 0.3 is 6.11 Å². The molecule has 0 fully saturated rings. The van der Waals surface area contributed by atoms with E-state index in [0.717, 1.165) is 5.56 Å². The highest BCUT2D eigenvalue weighted by Crippen LogP contribution is 2.24. The predicted molar refractivity (Wildman–Crippen MR) is 59.4 cm³/mol. The molecule has 0 saturated heterocycles. The quantitative estimate of drug-likeness (QED) is 0.801. The SMILES string of the molecule is C/C=C/C(F)(F)Oc1cccc(C(C)N)c1. The van der Waals surface area contributed by atoms with Gasteiger partial charge in [0.05, 0.1) is 0 Å². The number of allylic oxidation sites excluding steroid dienone is 1. The summed E-state index contributed by atoms with van der Waals surface area (Å²) >= 11 is 0. The Hall–Kier alpha value is -1.42. The first kappa shape index (κ1) is 12.6. The van der Waals surface area contributed by atoms with Gasteiger partial charge in [0, 0.05) is 12.1 Å². The maximum Gasteiger partial charge on any atom is 0.419 e. The lowest BCUT2D eigenvalue weighted by molar-refractivity contribution is -0.131. The van der Waals surface area contributed by atoms with Crippen LogP contribution < -0.4 is 10.5 Å². The maximum absolute atomic E-state index is 13.1. The van der Waals surface area contributed by atoms with Crippen LogP contribution in [-0.2, 0) is 0 Å². The lowest BCUT2D eigenvalue weighted by Crippen LogP contribution is -2.21. The number of benzene rings is 1. The summed E-state index contributed by atoms with van der Waals surface area (Å²) in [4.78, 5) is 0. The van der Waals surface area contributed by atoms with Gasteiger partial charge in [-0.1, -0.05) is 18.2 Å². The highest BCUT2D eigenvalue weighted by molar-refractivity contribution is 5.30. The van der Waals surface area contributed by atoms with E-state index in [2.05, 4.69) is 4.74 Å². The number of nitrogens with two attached hydrogens (primary N) is 1. The number of hydrogen-bond acceptors (Lipinski definition) is 2. The van der Waals surface area contributed by atoms with E-state index in [1.54, 1.807) is 19.1 Å². The molecular weight excluding hydrogens is 212 g/mol. The molecule has 0 radical (unpaired) electrons. The van der Waals surface area contributed by atoms with Crippen molar-refractivity contribution < 1.29 is 13.5 Å². The minimum Gasteiger partial charge on any atom is -0.429 e. The third-order valence-electron chi connectivity index (χ3n) is 2.00. The molecule has 2 N–H and O–H groups in total. The van der Waals surface area contributed by atoms with Gasteiger partial charge in [0.25, 0.3) is 0 Å². The highest BCUT2D eigenvalue weighted by Gasteiger charge is 2.27. The molecule has 0 spiro atoms. The lowest BCUT2D eigenvalue weighted by Gasteiger charge is -2.15.